The molecule has 2 aliphatic heterocycles. The van der Waals surface area contributed by atoms with Gasteiger partial charge in [-0.05, 0) is 62.6 Å². The Balaban J connectivity index is 1.40. The van der Waals surface area contributed by atoms with E-state index in [2.05, 4.69) is 5.32 Å². The fourth-order valence-corrected chi connectivity index (χ4v) is 6.54. The van der Waals surface area contributed by atoms with Crippen LogP contribution in [0.1, 0.15) is 63.4 Å². The summed E-state index contributed by atoms with van der Waals surface area (Å²) >= 11 is 0. The number of benzene rings is 1. The van der Waals surface area contributed by atoms with Crippen LogP contribution in [0.5, 0.6) is 11.6 Å². The molecule has 3 atom stereocenters. The number of unbranched alkanes of at least 4 members (excludes halogenated alkanes) is 1. The van der Waals surface area contributed by atoms with Crippen LogP contribution in [0.25, 0.3) is 17.0 Å². The summed E-state index contributed by atoms with van der Waals surface area (Å²) in [6.07, 6.45) is 10.6. The molecule has 2 aromatic rings. The van der Waals surface area contributed by atoms with Crippen molar-refractivity contribution in [3.8, 4) is 11.6 Å². The molecule has 11 heteroatoms. The number of urea groups is 1. The predicted molar refractivity (Wildman–Crippen MR) is 165 cm³/mol. The standard InChI is InChI=1S/C33H44N4O7/c1-42-25-14-13-23-18-24(12-4-3-9-17-38)30(34-27(23)19-25)44-26-20-28(32(40)43-2)37(21-26)31(39)29(22-10-5-6-11-22)35-33(41)36-15-7-8-16-36/h4,12-14,18-19,22,26,28-29,38H,3,5-11,15-17,20-21H2,1-2H3,(H,35,41)/b12-4+/t26-,28+,29+/m1/s1. The van der Waals surface area contributed by atoms with Gasteiger partial charge in [0.1, 0.15) is 23.9 Å². The van der Waals surface area contributed by atoms with E-state index in [0.717, 1.165) is 49.5 Å². The molecule has 44 heavy (non-hydrogen) atoms. The first-order chi connectivity index (χ1) is 21.4. The van der Waals surface area contributed by atoms with Crippen molar-refractivity contribution >= 4 is 34.9 Å². The maximum absolute atomic E-state index is 14.2. The lowest BCUT2D eigenvalue weighted by Gasteiger charge is -2.32. The number of nitrogens with zero attached hydrogens (tertiary/aromatic N) is 3. The molecule has 238 valence electrons. The van der Waals surface area contributed by atoms with Gasteiger partial charge in [0.05, 0.1) is 26.3 Å². The number of aliphatic hydroxyl groups is 1. The van der Waals surface area contributed by atoms with Gasteiger partial charge < -0.3 is 34.4 Å². The van der Waals surface area contributed by atoms with Crippen molar-refractivity contribution in [1.82, 2.24) is 20.1 Å². The third-order valence-electron chi connectivity index (χ3n) is 8.95. The van der Waals surface area contributed by atoms with Gasteiger partial charge in [0.25, 0.3) is 0 Å². The first-order valence-corrected chi connectivity index (χ1v) is 15.8. The second kappa shape index (κ2) is 14.7. The molecule has 3 fully saturated rings. The molecule has 5 rings (SSSR count). The second-order valence-electron chi connectivity index (χ2n) is 11.9. The van der Waals surface area contributed by atoms with Crippen LogP contribution in [-0.2, 0) is 14.3 Å². The lowest BCUT2D eigenvalue weighted by Crippen LogP contribution is -2.56. The van der Waals surface area contributed by atoms with Crippen molar-refractivity contribution in [1.29, 1.82) is 0 Å². The number of hydrogen-bond donors (Lipinski definition) is 2. The molecule has 0 spiro atoms. The van der Waals surface area contributed by atoms with Crippen LogP contribution in [0.15, 0.2) is 30.3 Å². The summed E-state index contributed by atoms with van der Waals surface area (Å²) in [5.41, 5.74) is 1.44. The van der Waals surface area contributed by atoms with Gasteiger partial charge in [-0.3, -0.25) is 4.79 Å². The quantitative estimate of drug-likeness (QED) is 0.290. The highest BCUT2D eigenvalue weighted by molar-refractivity contribution is 5.91. The fourth-order valence-electron chi connectivity index (χ4n) is 6.54. The molecule has 3 aliphatic rings. The third-order valence-corrected chi connectivity index (χ3v) is 8.95. The number of carbonyl (C=O) groups is 3. The molecule has 2 saturated heterocycles. The average molecular weight is 609 g/mol. The Labute approximate surface area is 258 Å². The second-order valence-corrected chi connectivity index (χ2v) is 11.9. The van der Waals surface area contributed by atoms with E-state index < -0.39 is 24.2 Å². The molecule has 1 saturated carbocycles. The Morgan fingerprint density at radius 2 is 1.89 bits per heavy atom. The Morgan fingerprint density at radius 3 is 2.59 bits per heavy atom. The highest BCUT2D eigenvalue weighted by Crippen LogP contribution is 2.33. The lowest BCUT2D eigenvalue weighted by molar-refractivity contribution is -0.152. The Hall–Kier alpha value is -3.86. The molecule has 3 heterocycles. The van der Waals surface area contributed by atoms with E-state index in [1.54, 1.807) is 12.0 Å². The van der Waals surface area contributed by atoms with Crippen molar-refractivity contribution in [3.05, 3.63) is 35.9 Å². The largest absolute Gasteiger partial charge is 0.497 e. The van der Waals surface area contributed by atoms with Gasteiger partial charge in [-0.15, -0.1) is 0 Å². The minimum absolute atomic E-state index is 0.0140. The van der Waals surface area contributed by atoms with Crippen LogP contribution < -0.4 is 14.8 Å². The lowest BCUT2D eigenvalue weighted by atomic mass is 9.96. The van der Waals surface area contributed by atoms with Crippen LogP contribution in [-0.4, -0.2) is 96.4 Å². The number of fused-ring (bicyclic) bond motifs is 1. The number of allylic oxidation sites excluding steroid dienone is 1. The van der Waals surface area contributed by atoms with E-state index in [1.807, 2.05) is 36.4 Å². The van der Waals surface area contributed by atoms with Crippen LogP contribution >= 0.6 is 0 Å². The molecule has 2 N–H and O–H groups in total. The molecular formula is C33H44N4O7. The number of hydrogen-bond acceptors (Lipinski definition) is 8. The molecule has 3 amide bonds. The smallest absolute Gasteiger partial charge is 0.328 e. The van der Waals surface area contributed by atoms with Crippen molar-refractivity contribution in [2.75, 3.05) is 40.5 Å². The van der Waals surface area contributed by atoms with Crippen LogP contribution in [0.2, 0.25) is 0 Å². The Kier molecular flexibility index (Phi) is 10.6. The number of methoxy groups -OCH3 is 2. The van der Waals surface area contributed by atoms with Crippen molar-refractivity contribution in [2.24, 2.45) is 5.92 Å². The number of esters is 1. The first-order valence-electron chi connectivity index (χ1n) is 15.8. The summed E-state index contributed by atoms with van der Waals surface area (Å²) in [4.78, 5) is 48.4. The van der Waals surface area contributed by atoms with Crippen LogP contribution in [0.3, 0.4) is 0 Å². The molecule has 1 aliphatic carbocycles. The van der Waals surface area contributed by atoms with Crippen molar-refractivity contribution in [2.45, 2.75) is 76.0 Å². The number of carbonyl (C=O) groups excluding carboxylic acids is 3. The number of ether oxygens (including phenoxy) is 3. The molecule has 1 aromatic heterocycles. The van der Waals surface area contributed by atoms with E-state index >= 15 is 0 Å². The summed E-state index contributed by atoms with van der Waals surface area (Å²) in [6, 6.07) is 5.84. The number of likely N-dealkylation sites (tertiary alicyclic amines) is 2. The van der Waals surface area contributed by atoms with Gasteiger partial charge in [0, 0.05) is 43.1 Å². The highest BCUT2D eigenvalue weighted by Gasteiger charge is 2.46. The number of pyridine rings is 1. The van der Waals surface area contributed by atoms with Crippen molar-refractivity contribution < 1.29 is 33.7 Å². The van der Waals surface area contributed by atoms with Gasteiger partial charge >= 0.3 is 12.0 Å². The number of aromatic nitrogens is 1. The van der Waals surface area contributed by atoms with Gasteiger partial charge in [0.15, 0.2) is 0 Å². The number of rotatable bonds is 11. The summed E-state index contributed by atoms with van der Waals surface area (Å²) < 4.78 is 17.0. The highest BCUT2D eigenvalue weighted by atomic mass is 16.5. The van der Waals surface area contributed by atoms with Gasteiger partial charge in [-0.2, -0.15) is 0 Å². The number of nitrogens with one attached hydrogen (secondary N) is 1. The normalized spacial score (nSPS) is 21.2. The summed E-state index contributed by atoms with van der Waals surface area (Å²) in [5.74, 6) is 0.273. The van der Waals surface area contributed by atoms with E-state index in [4.69, 9.17) is 19.2 Å². The van der Waals surface area contributed by atoms with E-state index in [9.17, 15) is 19.5 Å². The molecule has 0 unspecified atom stereocenters. The number of amides is 3. The topological polar surface area (TPSA) is 131 Å². The summed E-state index contributed by atoms with van der Waals surface area (Å²) in [6.45, 7) is 1.63. The first kappa shape index (κ1) is 31.6. The molecular weight excluding hydrogens is 564 g/mol. The molecule has 0 radical (unpaired) electrons. The van der Waals surface area contributed by atoms with Crippen molar-refractivity contribution in [3.63, 3.8) is 0 Å². The van der Waals surface area contributed by atoms with E-state index in [1.165, 1.54) is 12.0 Å². The summed E-state index contributed by atoms with van der Waals surface area (Å²) in [7, 11) is 2.91. The zero-order chi connectivity index (χ0) is 31.1. The zero-order valence-electron chi connectivity index (χ0n) is 25.7. The van der Waals surface area contributed by atoms with Gasteiger partial charge in [0.2, 0.25) is 11.8 Å². The predicted octanol–water partition coefficient (Wildman–Crippen LogP) is 3.91. The molecule has 11 nitrogen and oxygen atoms in total. The Bertz CT molecular complexity index is 1350. The van der Waals surface area contributed by atoms with E-state index in [0.29, 0.717) is 43.1 Å². The zero-order valence-corrected chi connectivity index (χ0v) is 25.7. The Morgan fingerprint density at radius 1 is 1.11 bits per heavy atom. The van der Waals surface area contributed by atoms with Crippen LogP contribution in [0, 0.1) is 5.92 Å². The fraction of sp³-hybridized carbons (Fsp3) is 0.576. The minimum Gasteiger partial charge on any atom is -0.497 e. The maximum atomic E-state index is 14.2. The molecule has 1 aromatic carbocycles. The molecule has 0 bridgehead atoms. The van der Waals surface area contributed by atoms with Gasteiger partial charge in [-0.25, -0.2) is 14.6 Å². The van der Waals surface area contributed by atoms with Gasteiger partial charge in [-0.1, -0.05) is 25.0 Å². The third kappa shape index (κ3) is 7.26. The monoisotopic (exact) mass is 608 g/mol. The maximum Gasteiger partial charge on any atom is 0.328 e. The van der Waals surface area contributed by atoms with Crippen LogP contribution in [0.4, 0.5) is 4.79 Å². The number of aliphatic hydroxyl groups excluding tert-OH is 1. The minimum atomic E-state index is -0.839. The summed E-state index contributed by atoms with van der Waals surface area (Å²) in [5, 5.41) is 13.1. The SMILES string of the molecule is COC(=O)[C@@H]1C[C@@H](Oc2nc3cc(OC)ccc3cc2/C=C/CCCO)CN1C(=O)[C@@H](NC(=O)N1CCCC1)C1CCCC1. The average Bonchev–Trinajstić information content (AvgIpc) is 3.84. The van der Waals surface area contributed by atoms with E-state index in [-0.39, 0.29) is 37.4 Å².